The fraction of sp³-hybridized carbons (Fsp3) is 0.567. The molecule has 3 rings (SSSR count). The Morgan fingerprint density at radius 2 is 1.79 bits per heavy atom. The van der Waals surface area contributed by atoms with Crippen molar-refractivity contribution >= 4 is 33.7 Å². The minimum atomic E-state index is -3.67. The molecule has 5 atom stereocenters. The van der Waals surface area contributed by atoms with Gasteiger partial charge in [0.1, 0.15) is 22.8 Å². The summed E-state index contributed by atoms with van der Waals surface area (Å²) in [5, 5.41) is 14.9. The number of amides is 2. The van der Waals surface area contributed by atoms with Crippen molar-refractivity contribution in [3.63, 3.8) is 0 Å². The Morgan fingerprint density at radius 1 is 1.19 bits per heavy atom. The van der Waals surface area contributed by atoms with Gasteiger partial charge in [-0.2, -0.15) is 0 Å². The first-order chi connectivity index (χ1) is 19.3. The van der Waals surface area contributed by atoms with Crippen LogP contribution in [0.4, 0.5) is 16.4 Å². The number of β-amino-alcohol motifs (C(OH)–C–C–N with tert-alkyl or cyclic N) is 1. The molecule has 1 fully saturated rings. The predicted octanol–water partition coefficient (Wildman–Crippen LogP) is 3.69. The van der Waals surface area contributed by atoms with Crippen molar-refractivity contribution < 1.29 is 27.9 Å². The van der Waals surface area contributed by atoms with E-state index in [-0.39, 0.29) is 24.8 Å². The zero-order valence-electron chi connectivity index (χ0n) is 25.8. The van der Waals surface area contributed by atoms with Crippen molar-refractivity contribution in [1.82, 2.24) is 9.88 Å². The standard InChI is InChI=1S/C30H45N5O6S/c1-19-14-23(19)20(2)32-25-15-22(16-26(33-25)34(7)42(8,39)40)24(36)18-35(28(38)41-29(3,4)5)30(6,27(31)37)17-21-12-10-9-11-13-21/h9-13,15-16,19-20,23-24,36H,14,17-18H2,1-8H3,(H2,31,37)(H,32,33)/t19?,20?,23?,24?,30-/m0/s1. The SMILES string of the molecule is CC1CC1C(C)Nc1cc(C(O)CN(C(=O)OC(C)(C)C)[C@@](C)(Cc2ccccc2)C(N)=O)cc(N(C)S(C)(=O)=O)n1. The van der Waals surface area contributed by atoms with E-state index in [9.17, 15) is 23.1 Å². The molecule has 1 aromatic carbocycles. The minimum Gasteiger partial charge on any atom is -0.444 e. The van der Waals surface area contributed by atoms with Gasteiger partial charge in [0.15, 0.2) is 0 Å². The van der Waals surface area contributed by atoms with Crippen LogP contribution in [0.1, 0.15) is 65.2 Å². The average molecular weight is 604 g/mol. The quantitative estimate of drug-likeness (QED) is 0.332. The number of anilines is 2. The summed E-state index contributed by atoms with van der Waals surface area (Å²) >= 11 is 0. The summed E-state index contributed by atoms with van der Waals surface area (Å²) in [5.41, 5.74) is 4.51. The number of hydrogen-bond acceptors (Lipinski definition) is 8. The summed E-state index contributed by atoms with van der Waals surface area (Å²) in [7, 11) is -2.29. The second-order valence-electron chi connectivity index (χ2n) is 12.6. The summed E-state index contributed by atoms with van der Waals surface area (Å²) in [5.74, 6) is 0.727. The number of hydrogen-bond donors (Lipinski definition) is 3. The maximum absolute atomic E-state index is 13.6. The van der Waals surface area contributed by atoms with Crippen LogP contribution in [0.2, 0.25) is 0 Å². The third-order valence-electron chi connectivity index (χ3n) is 7.72. The highest BCUT2D eigenvalue weighted by molar-refractivity contribution is 7.92. The van der Waals surface area contributed by atoms with E-state index in [2.05, 4.69) is 17.2 Å². The first-order valence-electron chi connectivity index (χ1n) is 14.1. The molecule has 11 nitrogen and oxygen atoms in total. The molecule has 2 aromatic rings. The van der Waals surface area contributed by atoms with E-state index in [0.29, 0.717) is 23.2 Å². The molecule has 1 heterocycles. The number of sulfonamides is 1. The highest BCUT2D eigenvalue weighted by atomic mass is 32.2. The second kappa shape index (κ2) is 12.5. The van der Waals surface area contributed by atoms with Crippen molar-refractivity contribution in [3.8, 4) is 0 Å². The Kier molecular flexibility index (Phi) is 9.83. The summed E-state index contributed by atoms with van der Waals surface area (Å²) in [6, 6.07) is 12.3. The average Bonchev–Trinajstić information content (AvgIpc) is 3.61. The lowest BCUT2D eigenvalue weighted by atomic mass is 9.89. The molecule has 1 aromatic heterocycles. The van der Waals surface area contributed by atoms with E-state index in [1.54, 1.807) is 33.8 Å². The van der Waals surface area contributed by atoms with Crippen LogP contribution in [0.25, 0.3) is 0 Å². The molecule has 4 N–H and O–H groups in total. The van der Waals surface area contributed by atoms with Crippen LogP contribution >= 0.6 is 0 Å². The third kappa shape index (κ3) is 8.34. The van der Waals surface area contributed by atoms with Gasteiger partial charge in [-0.05, 0) is 76.1 Å². The van der Waals surface area contributed by atoms with E-state index in [1.165, 1.54) is 13.1 Å². The molecule has 42 heavy (non-hydrogen) atoms. The molecular formula is C30H45N5O6S. The molecule has 0 spiro atoms. The summed E-state index contributed by atoms with van der Waals surface area (Å²) < 4.78 is 31.4. The third-order valence-corrected chi connectivity index (χ3v) is 8.90. The number of nitrogens with one attached hydrogen (secondary N) is 1. The highest BCUT2D eigenvalue weighted by Crippen LogP contribution is 2.41. The molecule has 0 bridgehead atoms. The fourth-order valence-corrected chi connectivity index (χ4v) is 5.34. The number of rotatable bonds is 12. The van der Waals surface area contributed by atoms with Crippen LogP contribution in [0.5, 0.6) is 0 Å². The minimum absolute atomic E-state index is 0.0681. The Balaban J connectivity index is 2.04. The number of primary amides is 1. The summed E-state index contributed by atoms with van der Waals surface area (Å²) in [6.07, 6.45) is 0.0430. The van der Waals surface area contributed by atoms with Crippen molar-refractivity contribution in [2.24, 2.45) is 17.6 Å². The van der Waals surface area contributed by atoms with Gasteiger partial charge in [0, 0.05) is 19.5 Å². The van der Waals surface area contributed by atoms with Crippen LogP contribution in [-0.4, -0.2) is 72.4 Å². The molecule has 232 valence electrons. The van der Waals surface area contributed by atoms with Gasteiger partial charge in [-0.15, -0.1) is 0 Å². The smallest absolute Gasteiger partial charge is 0.411 e. The Morgan fingerprint density at radius 3 is 2.29 bits per heavy atom. The normalized spacial score (nSPS) is 19.6. The van der Waals surface area contributed by atoms with Gasteiger partial charge in [0.25, 0.3) is 0 Å². The number of carbonyl (C=O) groups excluding carboxylic acids is 2. The van der Waals surface area contributed by atoms with E-state index in [4.69, 9.17) is 10.5 Å². The molecule has 1 aliphatic rings. The van der Waals surface area contributed by atoms with Crippen molar-refractivity contribution in [2.75, 3.05) is 29.5 Å². The van der Waals surface area contributed by atoms with Crippen molar-refractivity contribution in [1.29, 1.82) is 0 Å². The zero-order valence-corrected chi connectivity index (χ0v) is 26.6. The molecule has 0 radical (unpaired) electrons. The number of nitrogens with two attached hydrogens (primary N) is 1. The summed E-state index contributed by atoms with van der Waals surface area (Å²) in [4.78, 5) is 32.2. The molecule has 0 aliphatic heterocycles. The number of benzene rings is 1. The van der Waals surface area contributed by atoms with Crippen LogP contribution in [-0.2, 0) is 26.0 Å². The van der Waals surface area contributed by atoms with Gasteiger partial charge in [0.2, 0.25) is 15.9 Å². The lowest BCUT2D eigenvalue weighted by Crippen LogP contribution is -2.60. The number of aromatic nitrogens is 1. The molecule has 12 heteroatoms. The van der Waals surface area contributed by atoms with Crippen LogP contribution in [0.3, 0.4) is 0 Å². The lowest BCUT2D eigenvalue weighted by Gasteiger charge is -2.40. The Bertz CT molecular complexity index is 1380. The molecule has 1 aliphatic carbocycles. The molecule has 4 unspecified atom stereocenters. The number of pyridine rings is 1. The Hall–Kier alpha value is -3.38. The van der Waals surface area contributed by atoms with Crippen molar-refractivity contribution in [2.45, 2.75) is 77.7 Å². The summed E-state index contributed by atoms with van der Waals surface area (Å²) in [6.45, 7) is 10.5. The number of aliphatic hydroxyl groups excluding tert-OH is 1. The number of ether oxygens (including phenoxy) is 1. The van der Waals surface area contributed by atoms with Crippen LogP contribution in [0, 0.1) is 11.8 Å². The number of carbonyl (C=O) groups is 2. The monoisotopic (exact) mass is 603 g/mol. The molecule has 1 saturated carbocycles. The Labute approximate surface area is 249 Å². The largest absolute Gasteiger partial charge is 0.444 e. The first-order valence-corrected chi connectivity index (χ1v) is 15.9. The molecule has 2 amide bonds. The van der Waals surface area contributed by atoms with Gasteiger partial charge in [0.05, 0.1) is 18.9 Å². The van der Waals surface area contributed by atoms with Gasteiger partial charge in [-0.3, -0.25) is 14.0 Å². The number of aliphatic hydroxyl groups is 1. The zero-order chi connectivity index (χ0) is 31.6. The number of nitrogens with zero attached hydrogens (tertiary/aromatic N) is 3. The predicted molar refractivity (Wildman–Crippen MR) is 163 cm³/mol. The van der Waals surface area contributed by atoms with E-state index in [0.717, 1.165) is 27.4 Å². The van der Waals surface area contributed by atoms with Gasteiger partial charge < -0.3 is 20.9 Å². The van der Waals surface area contributed by atoms with E-state index >= 15 is 0 Å². The topological polar surface area (TPSA) is 155 Å². The van der Waals surface area contributed by atoms with Crippen molar-refractivity contribution in [3.05, 3.63) is 53.6 Å². The van der Waals surface area contributed by atoms with E-state index in [1.807, 2.05) is 37.3 Å². The van der Waals surface area contributed by atoms with Crippen LogP contribution in [0.15, 0.2) is 42.5 Å². The van der Waals surface area contributed by atoms with E-state index < -0.39 is 39.3 Å². The van der Waals surface area contributed by atoms with Crippen LogP contribution < -0.4 is 15.4 Å². The van der Waals surface area contributed by atoms with Gasteiger partial charge in [-0.25, -0.2) is 18.2 Å². The maximum Gasteiger partial charge on any atom is 0.411 e. The molecule has 0 saturated heterocycles. The molecular weight excluding hydrogens is 558 g/mol. The van der Waals surface area contributed by atoms with Gasteiger partial charge >= 0.3 is 6.09 Å². The fourth-order valence-electron chi connectivity index (χ4n) is 4.90. The van der Waals surface area contributed by atoms with Gasteiger partial charge in [-0.1, -0.05) is 37.3 Å². The maximum atomic E-state index is 13.6. The first kappa shape index (κ1) is 33.1. The highest BCUT2D eigenvalue weighted by Gasteiger charge is 2.44. The second-order valence-corrected chi connectivity index (χ2v) is 14.6. The lowest BCUT2D eigenvalue weighted by molar-refractivity contribution is -0.130.